The molecule has 0 spiro atoms. The highest BCUT2D eigenvalue weighted by Gasteiger charge is 2.19. The van der Waals surface area contributed by atoms with Gasteiger partial charge in [0, 0.05) is 32.7 Å². The zero-order chi connectivity index (χ0) is 11.2. The van der Waals surface area contributed by atoms with E-state index in [2.05, 4.69) is 9.80 Å². The summed E-state index contributed by atoms with van der Waals surface area (Å²) in [5, 5.41) is 8.88. The van der Waals surface area contributed by atoms with Crippen LogP contribution < -0.4 is 0 Å². The Kier molecular flexibility index (Phi) is 5.07. The second-order valence-corrected chi connectivity index (χ2v) is 5.35. The first-order valence-corrected chi connectivity index (χ1v) is 6.94. The SMILES string of the molecule is OCCN1CCN(CCC2CCCC2)CC1. The van der Waals surface area contributed by atoms with E-state index in [1.165, 1.54) is 51.7 Å². The lowest BCUT2D eigenvalue weighted by Crippen LogP contribution is -2.47. The molecule has 0 amide bonds. The van der Waals surface area contributed by atoms with Crippen molar-refractivity contribution < 1.29 is 5.11 Å². The van der Waals surface area contributed by atoms with E-state index in [-0.39, 0.29) is 0 Å². The molecule has 1 saturated carbocycles. The lowest BCUT2D eigenvalue weighted by Gasteiger charge is -2.34. The molecule has 0 radical (unpaired) electrons. The van der Waals surface area contributed by atoms with Crippen molar-refractivity contribution in [3.63, 3.8) is 0 Å². The van der Waals surface area contributed by atoms with E-state index < -0.39 is 0 Å². The fourth-order valence-corrected chi connectivity index (χ4v) is 3.04. The Morgan fingerprint density at radius 2 is 1.44 bits per heavy atom. The van der Waals surface area contributed by atoms with Crippen LogP contribution in [-0.2, 0) is 0 Å². The largest absolute Gasteiger partial charge is 0.395 e. The fraction of sp³-hybridized carbons (Fsp3) is 1.00. The quantitative estimate of drug-likeness (QED) is 0.762. The molecule has 3 nitrogen and oxygen atoms in total. The molecule has 1 heterocycles. The molecule has 1 aliphatic carbocycles. The number of piperazine rings is 1. The van der Waals surface area contributed by atoms with Crippen molar-refractivity contribution in [3.05, 3.63) is 0 Å². The van der Waals surface area contributed by atoms with Crippen LogP contribution in [-0.4, -0.2) is 60.8 Å². The highest BCUT2D eigenvalue weighted by Crippen LogP contribution is 2.27. The number of hydrogen-bond donors (Lipinski definition) is 1. The minimum absolute atomic E-state index is 0.308. The Morgan fingerprint density at radius 3 is 2.00 bits per heavy atom. The van der Waals surface area contributed by atoms with E-state index in [1.54, 1.807) is 0 Å². The second-order valence-electron chi connectivity index (χ2n) is 5.35. The van der Waals surface area contributed by atoms with Gasteiger partial charge in [-0.3, -0.25) is 4.90 Å². The first-order valence-electron chi connectivity index (χ1n) is 6.94. The van der Waals surface area contributed by atoms with E-state index in [1.807, 2.05) is 0 Å². The van der Waals surface area contributed by atoms with Gasteiger partial charge in [-0.1, -0.05) is 25.7 Å². The number of aliphatic hydroxyl groups excluding tert-OH is 1. The predicted octanol–water partition coefficient (Wildman–Crippen LogP) is 1.18. The van der Waals surface area contributed by atoms with Crippen LogP contribution in [0.25, 0.3) is 0 Å². The minimum Gasteiger partial charge on any atom is -0.395 e. The Balaban J connectivity index is 1.57. The molecule has 0 aromatic heterocycles. The third-order valence-electron chi connectivity index (χ3n) is 4.21. The molecule has 0 unspecified atom stereocenters. The molecule has 16 heavy (non-hydrogen) atoms. The van der Waals surface area contributed by atoms with Crippen LogP contribution in [0.1, 0.15) is 32.1 Å². The molecule has 94 valence electrons. The maximum atomic E-state index is 8.88. The molecule has 0 aromatic rings. The van der Waals surface area contributed by atoms with Gasteiger partial charge in [0.05, 0.1) is 6.61 Å². The average molecular weight is 226 g/mol. The van der Waals surface area contributed by atoms with Gasteiger partial charge in [-0.15, -0.1) is 0 Å². The lowest BCUT2D eigenvalue weighted by molar-refractivity contribution is 0.108. The molecule has 2 rings (SSSR count). The number of β-amino-alcohol motifs (C(OH)–C–C–N with tert-alkyl or cyclic N) is 1. The average Bonchev–Trinajstić information content (AvgIpc) is 2.82. The van der Waals surface area contributed by atoms with Gasteiger partial charge >= 0.3 is 0 Å². The summed E-state index contributed by atoms with van der Waals surface area (Å²) in [4.78, 5) is 4.97. The highest BCUT2D eigenvalue weighted by molar-refractivity contribution is 4.74. The smallest absolute Gasteiger partial charge is 0.0558 e. The third-order valence-corrected chi connectivity index (χ3v) is 4.21. The lowest BCUT2D eigenvalue weighted by atomic mass is 10.0. The van der Waals surface area contributed by atoms with E-state index in [9.17, 15) is 0 Å². The normalized spacial score (nSPS) is 25.3. The van der Waals surface area contributed by atoms with Crippen LogP contribution in [0, 0.1) is 5.92 Å². The molecule has 1 saturated heterocycles. The van der Waals surface area contributed by atoms with Crippen LogP contribution in [0.15, 0.2) is 0 Å². The van der Waals surface area contributed by atoms with Gasteiger partial charge in [0.2, 0.25) is 0 Å². The topological polar surface area (TPSA) is 26.7 Å². The first-order chi connectivity index (χ1) is 7.88. The van der Waals surface area contributed by atoms with Crippen LogP contribution in [0.3, 0.4) is 0 Å². The van der Waals surface area contributed by atoms with Crippen molar-refractivity contribution in [2.24, 2.45) is 5.92 Å². The van der Waals surface area contributed by atoms with Crippen molar-refractivity contribution in [2.45, 2.75) is 32.1 Å². The van der Waals surface area contributed by atoms with Crippen LogP contribution in [0.5, 0.6) is 0 Å². The Bertz CT molecular complexity index is 184. The van der Waals surface area contributed by atoms with Crippen LogP contribution in [0.2, 0.25) is 0 Å². The Morgan fingerprint density at radius 1 is 0.875 bits per heavy atom. The van der Waals surface area contributed by atoms with Gasteiger partial charge in [0.1, 0.15) is 0 Å². The summed E-state index contributed by atoms with van der Waals surface area (Å²) in [6.07, 6.45) is 7.30. The number of hydrogen-bond acceptors (Lipinski definition) is 3. The number of aliphatic hydroxyl groups is 1. The zero-order valence-corrected chi connectivity index (χ0v) is 10.4. The van der Waals surface area contributed by atoms with Gasteiger partial charge in [0.15, 0.2) is 0 Å². The fourth-order valence-electron chi connectivity index (χ4n) is 3.04. The zero-order valence-electron chi connectivity index (χ0n) is 10.4. The van der Waals surface area contributed by atoms with Crippen molar-refractivity contribution in [1.82, 2.24) is 9.80 Å². The summed E-state index contributed by atoms with van der Waals surface area (Å²) in [6.45, 7) is 7.16. The first kappa shape index (κ1) is 12.3. The third kappa shape index (κ3) is 3.72. The van der Waals surface area contributed by atoms with Gasteiger partial charge in [-0.05, 0) is 18.9 Å². The summed E-state index contributed by atoms with van der Waals surface area (Å²) in [5.41, 5.74) is 0. The molecule has 2 aliphatic rings. The van der Waals surface area contributed by atoms with Crippen molar-refractivity contribution in [3.8, 4) is 0 Å². The molecule has 0 bridgehead atoms. The highest BCUT2D eigenvalue weighted by atomic mass is 16.3. The standard InChI is InChI=1S/C13H26N2O/c16-12-11-15-9-7-14(8-10-15)6-5-13-3-1-2-4-13/h13,16H,1-12H2. The minimum atomic E-state index is 0.308. The van der Waals surface area contributed by atoms with Crippen molar-refractivity contribution in [1.29, 1.82) is 0 Å². The van der Waals surface area contributed by atoms with Gasteiger partial charge < -0.3 is 10.0 Å². The molecule has 1 aliphatic heterocycles. The monoisotopic (exact) mass is 226 g/mol. The van der Waals surface area contributed by atoms with E-state index in [0.717, 1.165) is 25.6 Å². The van der Waals surface area contributed by atoms with Crippen molar-refractivity contribution >= 4 is 0 Å². The maximum absolute atomic E-state index is 8.88. The molecular weight excluding hydrogens is 200 g/mol. The Labute approximate surface area is 99.4 Å². The van der Waals surface area contributed by atoms with E-state index in [0.29, 0.717) is 6.61 Å². The second kappa shape index (κ2) is 6.58. The molecular formula is C13H26N2O. The number of rotatable bonds is 5. The number of nitrogens with zero attached hydrogens (tertiary/aromatic N) is 2. The molecule has 3 heteroatoms. The maximum Gasteiger partial charge on any atom is 0.0558 e. The Hall–Kier alpha value is -0.120. The van der Waals surface area contributed by atoms with Gasteiger partial charge in [-0.2, -0.15) is 0 Å². The molecule has 0 aromatic carbocycles. The summed E-state index contributed by atoms with van der Waals surface area (Å²) >= 11 is 0. The summed E-state index contributed by atoms with van der Waals surface area (Å²) in [5.74, 6) is 1.02. The molecule has 2 fully saturated rings. The summed E-state index contributed by atoms with van der Waals surface area (Å²) < 4.78 is 0. The van der Waals surface area contributed by atoms with Crippen molar-refractivity contribution in [2.75, 3.05) is 45.9 Å². The summed E-state index contributed by atoms with van der Waals surface area (Å²) in [6, 6.07) is 0. The molecule has 1 N–H and O–H groups in total. The van der Waals surface area contributed by atoms with E-state index in [4.69, 9.17) is 5.11 Å². The van der Waals surface area contributed by atoms with Gasteiger partial charge in [0.25, 0.3) is 0 Å². The van der Waals surface area contributed by atoms with E-state index >= 15 is 0 Å². The summed E-state index contributed by atoms with van der Waals surface area (Å²) in [7, 11) is 0. The van der Waals surface area contributed by atoms with Gasteiger partial charge in [-0.25, -0.2) is 0 Å². The van der Waals surface area contributed by atoms with Crippen LogP contribution in [0.4, 0.5) is 0 Å². The predicted molar refractivity (Wildman–Crippen MR) is 66.5 cm³/mol. The molecule has 0 atom stereocenters. The van der Waals surface area contributed by atoms with Crippen LogP contribution >= 0.6 is 0 Å².